The zero-order valence-electron chi connectivity index (χ0n) is 7.30. The first-order chi connectivity index (χ1) is 6.22. The van der Waals surface area contributed by atoms with Crippen molar-refractivity contribution in [2.75, 3.05) is 5.73 Å². The maximum absolute atomic E-state index is 13.3. The van der Waals surface area contributed by atoms with Gasteiger partial charge in [-0.2, -0.15) is 0 Å². The maximum atomic E-state index is 13.3. The van der Waals surface area contributed by atoms with Gasteiger partial charge in [-0.15, -0.1) is 11.3 Å². The molecule has 13 heavy (non-hydrogen) atoms. The summed E-state index contributed by atoms with van der Waals surface area (Å²) in [5.74, 6) is -0.128. The highest BCUT2D eigenvalue weighted by Crippen LogP contribution is 2.30. The average molecular weight is 195 g/mol. The van der Waals surface area contributed by atoms with Crippen LogP contribution in [0.5, 0.6) is 0 Å². The molecule has 1 heterocycles. The van der Waals surface area contributed by atoms with Gasteiger partial charge in [0.1, 0.15) is 5.82 Å². The highest BCUT2D eigenvalue weighted by atomic mass is 32.1. The van der Waals surface area contributed by atoms with E-state index in [4.69, 9.17) is 5.73 Å². The Morgan fingerprint density at radius 2 is 2.23 bits per heavy atom. The van der Waals surface area contributed by atoms with Crippen LogP contribution in [0.1, 0.15) is 12.5 Å². The van der Waals surface area contributed by atoms with Crippen LogP contribution >= 0.6 is 11.3 Å². The van der Waals surface area contributed by atoms with E-state index in [0.717, 1.165) is 21.3 Å². The summed E-state index contributed by atoms with van der Waals surface area (Å²) in [6.07, 6.45) is 0.705. The fourth-order valence-electron chi connectivity index (χ4n) is 1.38. The van der Waals surface area contributed by atoms with E-state index in [1.807, 2.05) is 18.4 Å². The molecule has 0 atom stereocenters. The quantitative estimate of drug-likeness (QED) is 0.743. The number of halogens is 1. The van der Waals surface area contributed by atoms with Gasteiger partial charge in [-0.3, -0.25) is 0 Å². The minimum atomic E-state index is -0.128. The third-order valence-corrected chi connectivity index (χ3v) is 3.12. The second kappa shape index (κ2) is 3.00. The lowest BCUT2D eigenvalue weighted by Crippen LogP contribution is -1.88. The van der Waals surface area contributed by atoms with Gasteiger partial charge in [0.25, 0.3) is 0 Å². The number of thiophene rings is 1. The summed E-state index contributed by atoms with van der Waals surface area (Å²) in [6, 6.07) is 3.41. The summed E-state index contributed by atoms with van der Waals surface area (Å²) < 4.78 is 14.2. The van der Waals surface area contributed by atoms with Gasteiger partial charge < -0.3 is 5.73 Å². The molecule has 68 valence electrons. The summed E-state index contributed by atoms with van der Waals surface area (Å²) in [7, 11) is 0. The van der Waals surface area contributed by atoms with Gasteiger partial charge in [-0.1, -0.05) is 6.92 Å². The van der Waals surface area contributed by atoms with Crippen molar-refractivity contribution in [1.82, 2.24) is 0 Å². The molecule has 2 N–H and O–H groups in total. The Hall–Kier alpha value is -1.09. The van der Waals surface area contributed by atoms with E-state index in [2.05, 4.69) is 0 Å². The van der Waals surface area contributed by atoms with Gasteiger partial charge in [0, 0.05) is 15.5 Å². The minimum Gasteiger partial charge on any atom is -0.398 e. The average Bonchev–Trinajstić information content (AvgIpc) is 2.46. The maximum Gasteiger partial charge on any atom is 0.127 e. The number of fused-ring (bicyclic) bond motifs is 1. The Morgan fingerprint density at radius 1 is 1.46 bits per heavy atom. The number of benzene rings is 1. The number of rotatable bonds is 1. The van der Waals surface area contributed by atoms with Crippen LogP contribution in [0.3, 0.4) is 0 Å². The fourth-order valence-corrected chi connectivity index (χ4v) is 2.24. The molecular weight excluding hydrogens is 185 g/mol. The van der Waals surface area contributed by atoms with Crippen LogP contribution in [-0.4, -0.2) is 0 Å². The lowest BCUT2D eigenvalue weighted by atomic mass is 10.1. The van der Waals surface area contributed by atoms with Crippen molar-refractivity contribution in [3.05, 3.63) is 28.9 Å². The van der Waals surface area contributed by atoms with Crippen molar-refractivity contribution >= 4 is 27.1 Å². The van der Waals surface area contributed by atoms with E-state index in [1.165, 1.54) is 11.3 Å². The van der Waals surface area contributed by atoms with E-state index in [9.17, 15) is 4.39 Å². The fraction of sp³-hybridized carbons (Fsp3) is 0.200. The molecule has 0 aliphatic carbocycles. The second-order valence-corrected chi connectivity index (χ2v) is 3.90. The second-order valence-electron chi connectivity index (χ2n) is 2.98. The molecule has 2 rings (SSSR count). The number of anilines is 1. The van der Waals surface area contributed by atoms with Crippen LogP contribution in [0.25, 0.3) is 10.1 Å². The van der Waals surface area contributed by atoms with E-state index < -0.39 is 0 Å². The van der Waals surface area contributed by atoms with Gasteiger partial charge in [0.2, 0.25) is 0 Å². The Bertz CT molecular complexity index is 447. The van der Waals surface area contributed by atoms with Crippen molar-refractivity contribution in [1.29, 1.82) is 0 Å². The summed E-state index contributed by atoms with van der Waals surface area (Å²) in [5.41, 5.74) is 7.22. The summed E-state index contributed by atoms with van der Waals surface area (Å²) >= 11 is 1.48. The molecule has 1 aromatic heterocycles. The highest BCUT2D eigenvalue weighted by Gasteiger charge is 2.06. The molecule has 3 heteroatoms. The molecule has 0 spiro atoms. The van der Waals surface area contributed by atoms with Crippen LogP contribution in [0.15, 0.2) is 17.5 Å². The van der Waals surface area contributed by atoms with Crippen molar-refractivity contribution in [2.45, 2.75) is 13.3 Å². The zero-order valence-corrected chi connectivity index (χ0v) is 8.12. The first-order valence-corrected chi connectivity index (χ1v) is 5.05. The standard InChI is InChI=1S/C10H10FNS/c1-2-6-3-7-9(12)5-13-10(7)4-8(6)11/h3-5H,2,12H2,1H3. The Balaban J connectivity index is 2.77. The smallest absolute Gasteiger partial charge is 0.127 e. The van der Waals surface area contributed by atoms with Crippen LogP contribution < -0.4 is 5.73 Å². The zero-order chi connectivity index (χ0) is 9.42. The molecule has 2 aromatic rings. The molecule has 0 saturated heterocycles. The number of hydrogen-bond donors (Lipinski definition) is 1. The molecule has 0 aliphatic heterocycles. The number of nitrogen functional groups attached to an aromatic ring is 1. The summed E-state index contributed by atoms with van der Waals surface area (Å²) in [4.78, 5) is 0. The molecule has 0 amide bonds. The summed E-state index contributed by atoms with van der Waals surface area (Å²) in [6.45, 7) is 1.94. The normalized spacial score (nSPS) is 10.9. The lowest BCUT2D eigenvalue weighted by Gasteiger charge is -1.99. The van der Waals surface area contributed by atoms with Gasteiger partial charge in [0.05, 0.1) is 5.69 Å². The molecular formula is C10H10FNS. The molecule has 1 nitrogen and oxygen atoms in total. The molecule has 1 aromatic carbocycles. The van der Waals surface area contributed by atoms with Gasteiger partial charge >= 0.3 is 0 Å². The third-order valence-electron chi connectivity index (χ3n) is 2.15. The van der Waals surface area contributed by atoms with E-state index in [-0.39, 0.29) is 5.82 Å². The Kier molecular flexibility index (Phi) is 1.96. The van der Waals surface area contributed by atoms with Gasteiger partial charge in [-0.25, -0.2) is 4.39 Å². The van der Waals surface area contributed by atoms with Crippen LogP contribution in [-0.2, 0) is 6.42 Å². The van der Waals surface area contributed by atoms with E-state index in [0.29, 0.717) is 6.42 Å². The monoisotopic (exact) mass is 195 g/mol. The lowest BCUT2D eigenvalue weighted by molar-refractivity contribution is 0.614. The van der Waals surface area contributed by atoms with Crippen molar-refractivity contribution in [3.63, 3.8) is 0 Å². The first kappa shape index (κ1) is 8.51. The Morgan fingerprint density at radius 3 is 2.92 bits per heavy atom. The summed E-state index contributed by atoms with van der Waals surface area (Å²) in [5, 5.41) is 2.83. The van der Waals surface area contributed by atoms with Crippen molar-refractivity contribution < 1.29 is 4.39 Å². The topological polar surface area (TPSA) is 26.0 Å². The van der Waals surface area contributed by atoms with Crippen molar-refractivity contribution in [3.8, 4) is 0 Å². The van der Waals surface area contributed by atoms with E-state index in [1.54, 1.807) is 6.07 Å². The number of hydrogen-bond acceptors (Lipinski definition) is 2. The molecule has 0 aliphatic rings. The van der Waals surface area contributed by atoms with Gasteiger partial charge in [0.15, 0.2) is 0 Å². The largest absolute Gasteiger partial charge is 0.398 e. The van der Waals surface area contributed by atoms with Crippen LogP contribution in [0.2, 0.25) is 0 Å². The number of aryl methyl sites for hydroxylation is 1. The molecule has 0 fully saturated rings. The molecule has 0 unspecified atom stereocenters. The molecule has 0 radical (unpaired) electrons. The van der Waals surface area contributed by atoms with Gasteiger partial charge in [-0.05, 0) is 24.1 Å². The molecule has 0 saturated carbocycles. The SMILES string of the molecule is CCc1cc2c(N)csc2cc1F. The highest BCUT2D eigenvalue weighted by molar-refractivity contribution is 7.17. The van der Waals surface area contributed by atoms with Crippen LogP contribution in [0.4, 0.5) is 10.1 Å². The first-order valence-electron chi connectivity index (χ1n) is 4.17. The predicted octanol–water partition coefficient (Wildman–Crippen LogP) is 3.19. The van der Waals surface area contributed by atoms with Crippen molar-refractivity contribution in [2.24, 2.45) is 0 Å². The third kappa shape index (κ3) is 1.29. The Labute approximate surface area is 80.0 Å². The van der Waals surface area contributed by atoms with E-state index >= 15 is 0 Å². The minimum absolute atomic E-state index is 0.128. The predicted molar refractivity (Wildman–Crippen MR) is 55.6 cm³/mol. The number of nitrogens with two attached hydrogens (primary N) is 1. The molecule has 0 bridgehead atoms. The van der Waals surface area contributed by atoms with Crippen LogP contribution in [0, 0.1) is 5.82 Å².